The Balaban J connectivity index is 1.62. The van der Waals surface area contributed by atoms with Crippen LogP contribution in [0.4, 0.5) is 5.69 Å². The molecule has 1 aromatic carbocycles. The van der Waals surface area contributed by atoms with Crippen molar-refractivity contribution in [1.82, 2.24) is 10.2 Å². The highest BCUT2D eigenvalue weighted by molar-refractivity contribution is 6.06. The molecular formula is C30H37N3O7. The monoisotopic (exact) mass is 551 g/mol. The Morgan fingerprint density at radius 2 is 1.93 bits per heavy atom. The van der Waals surface area contributed by atoms with E-state index in [4.69, 9.17) is 9.47 Å². The Kier molecular flexibility index (Phi) is 7.58. The maximum Gasteiger partial charge on any atom is 0.313 e. The standard InChI is InChI=1S/C30H37N3O7/c1-17-10-11-18(2)21(14-17)32-13-7-12-30-25(27(36)33(19(3)16-34)26(30)28(32)37)24-22(40-30)8-5-6-9-23(35)31-15-20(4)39-29(24)38/h5,7-8,10-12,14,19-20,22,24-26,34H,6,9,13,15-16H2,1-4H3,(H,31,35)/b8-5-/t19-,20-,22-,24+,25+,26-,30+/m1/s1. The van der Waals surface area contributed by atoms with E-state index in [-0.39, 0.29) is 37.9 Å². The molecule has 0 bridgehead atoms. The highest BCUT2D eigenvalue weighted by Crippen LogP contribution is 2.53. The molecule has 0 aliphatic carbocycles. The third-order valence-electron chi connectivity index (χ3n) is 8.37. The first-order valence-corrected chi connectivity index (χ1v) is 13.9. The molecule has 0 unspecified atom stereocenters. The van der Waals surface area contributed by atoms with E-state index >= 15 is 0 Å². The van der Waals surface area contributed by atoms with E-state index in [1.165, 1.54) is 4.90 Å². The van der Waals surface area contributed by atoms with Crippen LogP contribution in [0.5, 0.6) is 0 Å². The number of hydrogen-bond acceptors (Lipinski definition) is 7. The van der Waals surface area contributed by atoms with Gasteiger partial charge in [0.1, 0.15) is 23.7 Å². The average Bonchev–Trinajstić information content (AvgIpc) is 3.31. The largest absolute Gasteiger partial charge is 0.460 e. The van der Waals surface area contributed by atoms with E-state index in [0.717, 1.165) is 16.8 Å². The number of esters is 1. The van der Waals surface area contributed by atoms with Gasteiger partial charge in [-0.1, -0.05) is 36.4 Å². The molecule has 5 rings (SSSR count). The lowest BCUT2D eigenvalue weighted by atomic mass is 9.78. The summed E-state index contributed by atoms with van der Waals surface area (Å²) in [6, 6.07) is 4.07. The molecule has 2 N–H and O–H groups in total. The first-order chi connectivity index (χ1) is 19.1. The number of carbonyl (C=O) groups is 4. The van der Waals surface area contributed by atoms with Crippen molar-refractivity contribution in [1.29, 1.82) is 0 Å². The predicted octanol–water partition coefficient (Wildman–Crippen LogP) is 1.57. The second-order valence-corrected chi connectivity index (χ2v) is 11.3. The summed E-state index contributed by atoms with van der Waals surface area (Å²) in [5.74, 6) is -3.59. The quantitative estimate of drug-likeness (QED) is 0.432. The number of benzene rings is 1. The fraction of sp³-hybridized carbons (Fsp3) is 0.533. The van der Waals surface area contributed by atoms with Crippen LogP contribution in [-0.2, 0) is 28.7 Å². The normalized spacial score (nSPS) is 34.1. The Hall–Kier alpha value is -3.50. The molecule has 0 aromatic heterocycles. The lowest BCUT2D eigenvalue weighted by Gasteiger charge is -2.37. The van der Waals surface area contributed by atoms with Gasteiger partial charge in [0.2, 0.25) is 11.8 Å². The molecule has 1 spiro atoms. The molecule has 0 radical (unpaired) electrons. The lowest BCUT2D eigenvalue weighted by molar-refractivity contribution is -0.159. The lowest BCUT2D eigenvalue weighted by Crippen LogP contribution is -2.57. The Morgan fingerprint density at radius 3 is 2.67 bits per heavy atom. The number of nitrogens with one attached hydrogen (secondary N) is 1. The van der Waals surface area contributed by atoms with Crippen molar-refractivity contribution in [3.8, 4) is 0 Å². The molecule has 10 nitrogen and oxygen atoms in total. The smallest absolute Gasteiger partial charge is 0.313 e. The van der Waals surface area contributed by atoms with Crippen molar-refractivity contribution in [2.45, 2.75) is 70.4 Å². The molecule has 40 heavy (non-hydrogen) atoms. The number of ether oxygens (including phenoxy) is 2. The molecule has 4 aliphatic rings. The number of aliphatic hydroxyl groups is 1. The van der Waals surface area contributed by atoms with E-state index in [1.807, 2.05) is 38.1 Å². The molecule has 2 saturated heterocycles. The van der Waals surface area contributed by atoms with Gasteiger partial charge in [-0.15, -0.1) is 0 Å². The van der Waals surface area contributed by atoms with Gasteiger partial charge in [-0.3, -0.25) is 19.2 Å². The van der Waals surface area contributed by atoms with Gasteiger partial charge in [-0.05, 0) is 51.3 Å². The summed E-state index contributed by atoms with van der Waals surface area (Å²) in [6.45, 7) is 7.28. The molecule has 10 heteroatoms. The van der Waals surface area contributed by atoms with Crippen LogP contribution < -0.4 is 10.2 Å². The topological polar surface area (TPSA) is 125 Å². The number of aliphatic hydroxyl groups excluding tert-OH is 1. The number of aryl methyl sites for hydroxylation is 2. The number of amides is 3. The highest BCUT2D eigenvalue weighted by Gasteiger charge is 2.72. The van der Waals surface area contributed by atoms with Gasteiger partial charge in [0.05, 0.1) is 31.2 Å². The van der Waals surface area contributed by atoms with Gasteiger partial charge in [0.15, 0.2) is 0 Å². The average molecular weight is 552 g/mol. The third-order valence-corrected chi connectivity index (χ3v) is 8.37. The van der Waals surface area contributed by atoms with Gasteiger partial charge in [0.25, 0.3) is 5.91 Å². The molecule has 7 atom stereocenters. The molecule has 0 saturated carbocycles. The van der Waals surface area contributed by atoms with E-state index in [0.29, 0.717) is 6.42 Å². The summed E-state index contributed by atoms with van der Waals surface area (Å²) < 4.78 is 12.3. The van der Waals surface area contributed by atoms with Gasteiger partial charge in [-0.25, -0.2) is 0 Å². The number of anilines is 1. The first-order valence-electron chi connectivity index (χ1n) is 13.9. The van der Waals surface area contributed by atoms with Crippen molar-refractivity contribution in [3.05, 3.63) is 53.6 Å². The maximum absolute atomic E-state index is 14.5. The zero-order valence-corrected chi connectivity index (χ0v) is 23.3. The summed E-state index contributed by atoms with van der Waals surface area (Å²) in [5.41, 5.74) is 1.18. The first kappa shape index (κ1) is 28.0. The van der Waals surface area contributed by atoms with Crippen LogP contribution in [0.3, 0.4) is 0 Å². The Bertz CT molecular complexity index is 1280. The minimum atomic E-state index is -1.44. The number of carbonyl (C=O) groups excluding carboxylic acids is 4. The molecule has 4 aliphatic heterocycles. The van der Waals surface area contributed by atoms with Gasteiger partial charge in [-0.2, -0.15) is 0 Å². The van der Waals surface area contributed by atoms with Gasteiger partial charge < -0.3 is 29.7 Å². The molecule has 2 fully saturated rings. The maximum atomic E-state index is 14.5. The van der Waals surface area contributed by atoms with Crippen molar-refractivity contribution < 1.29 is 33.8 Å². The van der Waals surface area contributed by atoms with Crippen LogP contribution in [0.2, 0.25) is 0 Å². The van der Waals surface area contributed by atoms with Crippen LogP contribution in [0.25, 0.3) is 0 Å². The summed E-state index contributed by atoms with van der Waals surface area (Å²) in [5, 5.41) is 12.9. The number of allylic oxidation sites excluding steroid dienone is 1. The second-order valence-electron chi connectivity index (χ2n) is 11.3. The van der Waals surface area contributed by atoms with Crippen LogP contribution in [0.15, 0.2) is 42.5 Å². The van der Waals surface area contributed by atoms with Crippen molar-refractivity contribution >= 4 is 29.4 Å². The van der Waals surface area contributed by atoms with Gasteiger partial charge >= 0.3 is 5.97 Å². The zero-order chi connectivity index (χ0) is 28.8. The fourth-order valence-corrected chi connectivity index (χ4v) is 6.39. The number of nitrogens with zero attached hydrogens (tertiary/aromatic N) is 2. The van der Waals surface area contributed by atoms with E-state index in [1.54, 1.807) is 37.0 Å². The number of fused-ring (bicyclic) bond motifs is 2. The van der Waals surface area contributed by atoms with Crippen molar-refractivity contribution in [2.24, 2.45) is 11.8 Å². The third kappa shape index (κ3) is 4.62. The number of hydrogen-bond donors (Lipinski definition) is 2. The SMILES string of the molecule is Cc1ccc(C)c(N2CC=C[C@]34O[C@@H]5/C=C\CCC(=O)NC[C@@H](C)OC(=O)[C@@H]5[C@H]3C(=O)N([C@H](C)CO)[C@@H]4C2=O)c1. The van der Waals surface area contributed by atoms with Crippen LogP contribution in [0, 0.1) is 25.7 Å². The Morgan fingerprint density at radius 1 is 1.15 bits per heavy atom. The van der Waals surface area contributed by atoms with E-state index < -0.39 is 53.6 Å². The van der Waals surface area contributed by atoms with Crippen LogP contribution >= 0.6 is 0 Å². The molecule has 214 valence electrons. The minimum absolute atomic E-state index is 0.149. The van der Waals surface area contributed by atoms with Crippen molar-refractivity contribution in [3.63, 3.8) is 0 Å². The van der Waals surface area contributed by atoms with E-state index in [2.05, 4.69) is 5.32 Å². The summed E-state index contributed by atoms with van der Waals surface area (Å²) in [7, 11) is 0. The number of likely N-dealkylation sites (tertiary alicyclic amines) is 1. The second kappa shape index (κ2) is 10.8. The Labute approximate surface area is 234 Å². The van der Waals surface area contributed by atoms with Crippen molar-refractivity contribution in [2.75, 3.05) is 24.6 Å². The molecule has 4 heterocycles. The fourth-order valence-electron chi connectivity index (χ4n) is 6.39. The van der Waals surface area contributed by atoms with Crippen LogP contribution in [-0.4, -0.2) is 83.3 Å². The van der Waals surface area contributed by atoms with Crippen LogP contribution in [0.1, 0.15) is 37.8 Å². The molecule has 3 amide bonds. The van der Waals surface area contributed by atoms with Gasteiger partial charge in [0, 0.05) is 18.7 Å². The summed E-state index contributed by atoms with van der Waals surface area (Å²) in [6.07, 6.45) is 6.28. The number of cyclic esters (lactones) is 1. The minimum Gasteiger partial charge on any atom is -0.460 e. The summed E-state index contributed by atoms with van der Waals surface area (Å²) >= 11 is 0. The molecular weight excluding hydrogens is 514 g/mol. The highest BCUT2D eigenvalue weighted by atomic mass is 16.6. The number of rotatable bonds is 3. The molecule has 1 aromatic rings. The van der Waals surface area contributed by atoms with E-state index in [9.17, 15) is 24.3 Å². The zero-order valence-electron chi connectivity index (χ0n) is 23.3. The predicted molar refractivity (Wildman–Crippen MR) is 146 cm³/mol. The summed E-state index contributed by atoms with van der Waals surface area (Å²) in [4.78, 5) is 57.5.